The number of fused-ring (bicyclic) bond motifs is 1. The van der Waals surface area contributed by atoms with E-state index < -0.39 is 0 Å². The second-order valence-corrected chi connectivity index (χ2v) is 11.3. The molecule has 2 aromatic rings. The van der Waals surface area contributed by atoms with Crippen LogP contribution < -0.4 is 34.9 Å². The fraction of sp³-hybridized carbons (Fsp3) is 0.562. The van der Waals surface area contributed by atoms with E-state index in [-0.39, 0.29) is 56.7 Å². The second kappa shape index (κ2) is 15.4. The van der Waals surface area contributed by atoms with Crippen molar-refractivity contribution in [3.05, 3.63) is 53.1 Å². The Kier molecular flexibility index (Phi) is 12.6. The van der Waals surface area contributed by atoms with Gasteiger partial charge in [-0.05, 0) is 49.3 Å². The maximum atomic E-state index is 13.9. The minimum atomic E-state index is -0.0899. The summed E-state index contributed by atoms with van der Waals surface area (Å²) in [6.07, 6.45) is 16.9. The molecule has 0 bridgehead atoms. The molecule has 7 heteroatoms. The molecule has 0 saturated heterocycles. The number of hydrogen-bond donors (Lipinski definition) is 2. The number of rotatable bonds is 4. The van der Waals surface area contributed by atoms with E-state index in [9.17, 15) is 9.90 Å². The average Bonchev–Trinajstić information content (AvgIpc) is 3.08. The Hall–Kier alpha value is -1.60. The maximum Gasteiger partial charge on any atom is 1.00 e. The van der Waals surface area contributed by atoms with Crippen LogP contribution in [0, 0.1) is 12.8 Å². The zero-order valence-corrected chi connectivity index (χ0v) is 25.5. The fourth-order valence-electron chi connectivity index (χ4n) is 6.54. The third kappa shape index (κ3) is 7.58. The third-order valence-electron chi connectivity index (χ3n) is 8.68. The van der Waals surface area contributed by atoms with Crippen molar-refractivity contribution in [3.63, 3.8) is 0 Å². The van der Waals surface area contributed by atoms with Crippen LogP contribution in [0.5, 0.6) is 0 Å². The van der Waals surface area contributed by atoms with Gasteiger partial charge in [-0.2, -0.15) is 5.10 Å². The van der Waals surface area contributed by atoms with Crippen molar-refractivity contribution in [2.24, 2.45) is 11.0 Å². The molecule has 2 amide bonds. The van der Waals surface area contributed by atoms with Gasteiger partial charge in [0, 0.05) is 17.0 Å². The Labute approximate surface area is 259 Å². The minimum absolute atomic E-state index is 0. The largest absolute Gasteiger partial charge is 1.00 e. The van der Waals surface area contributed by atoms with Gasteiger partial charge in [0.1, 0.15) is 0 Å². The monoisotopic (exact) mass is 539 g/mol. The zero-order chi connectivity index (χ0) is 25.6. The number of nitrogens with one attached hydrogen (secondary N) is 1. The number of carbonyl (C=O) groups excluding carboxylic acids is 1. The van der Waals surface area contributed by atoms with Crippen LogP contribution in [0.3, 0.4) is 0 Å². The molecule has 5 rings (SSSR count). The molecule has 0 unspecified atom stereocenters. The van der Waals surface area contributed by atoms with Crippen molar-refractivity contribution in [1.82, 2.24) is 5.01 Å². The first-order valence-electron chi connectivity index (χ1n) is 14.7. The maximum absolute atomic E-state index is 13.9. The number of amides is 2. The Morgan fingerprint density at radius 1 is 0.846 bits per heavy atom. The van der Waals surface area contributed by atoms with E-state index in [1.54, 1.807) is 0 Å². The molecule has 2 aliphatic carbocycles. The van der Waals surface area contributed by atoms with Crippen molar-refractivity contribution in [1.29, 1.82) is 0 Å². The summed E-state index contributed by atoms with van der Waals surface area (Å²) in [7, 11) is 0. The van der Waals surface area contributed by atoms with E-state index in [0.717, 1.165) is 77.7 Å². The van der Waals surface area contributed by atoms with Gasteiger partial charge >= 0.3 is 35.6 Å². The SMILES string of the molecule is Cc1ccc2c(c1-c1ccc(CO)cc1)NC(=O)N(C1CCCCCCCCC1)N=C2C1CCCCC1.[BH4-].[Na+]. The Bertz CT molecular complexity index is 1110. The molecule has 0 spiro atoms. The summed E-state index contributed by atoms with van der Waals surface area (Å²) in [5.74, 6) is 0.384. The van der Waals surface area contributed by atoms with E-state index in [1.165, 1.54) is 51.4 Å². The first-order chi connectivity index (χ1) is 18.2. The van der Waals surface area contributed by atoms with Gasteiger partial charge in [0.25, 0.3) is 0 Å². The standard InChI is InChI=1S/C32H43N3O2.BH4.Na/c1-23-16-21-28-30(26-12-8-7-9-13-26)34-35(27-14-10-5-3-2-4-6-11-15-27)32(37)33-31(28)29(23)25-19-17-24(22-36)18-20-25;;/h16-21,26-27,36H,2-15,22H2,1H3,(H,33,37);1H4;/q;-1;+1. The van der Waals surface area contributed by atoms with Crippen molar-refractivity contribution in [2.45, 2.75) is 109 Å². The van der Waals surface area contributed by atoms with Crippen molar-refractivity contribution >= 4 is 25.8 Å². The summed E-state index contributed by atoms with van der Waals surface area (Å²) in [5, 5.41) is 20.0. The molecule has 39 heavy (non-hydrogen) atoms. The molecule has 0 atom stereocenters. The van der Waals surface area contributed by atoms with Gasteiger partial charge in [0.2, 0.25) is 0 Å². The van der Waals surface area contributed by atoms with Crippen LogP contribution in [0.25, 0.3) is 11.1 Å². The smallest absolute Gasteiger partial charge is 0.392 e. The summed E-state index contributed by atoms with van der Waals surface area (Å²) in [6, 6.07) is 12.5. The fourth-order valence-corrected chi connectivity index (χ4v) is 6.54. The molecule has 2 saturated carbocycles. The summed E-state index contributed by atoms with van der Waals surface area (Å²) >= 11 is 0. The van der Waals surface area contributed by atoms with Crippen LogP contribution >= 0.6 is 0 Å². The second-order valence-electron chi connectivity index (χ2n) is 11.3. The van der Waals surface area contributed by atoms with Gasteiger partial charge in [-0.3, -0.25) is 0 Å². The van der Waals surface area contributed by atoms with Crippen LogP contribution in [0.1, 0.15) is 107 Å². The number of aliphatic hydroxyl groups is 1. The quantitative estimate of drug-likeness (QED) is 0.582. The molecule has 0 aromatic heterocycles. The average molecular weight is 540 g/mol. The van der Waals surface area contributed by atoms with Gasteiger partial charge in [-0.25, -0.2) is 9.80 Å². The molecule has 2 aromatic carbocycles. The first kappa shape index (κ1) is 31.9. The Morgan fingerprint density at radius 3 is 2.03 bits per heavy atom. The first-order valence-corrected chi connectivity index (χ1v) is 14.7. The number of carbonyl (C=O) groups is 1. The van der Waals surface area contributed by atoms with E-state index in [4.69, 9.17) is 5.10 Å². The van der Waals surface area contributed by atoms with Gasteiger partial charge in [0.15, 0.2) is 0 Å². The normalized spacial score (nSPS) is 19.5. The molecule has 0 radical (unpaired) electrons. The van der Waals surface area contributed by atoms with Gasteiger partial charge < -0.3 is 10.4 Å². The summed E-state index contributed by atoms with van der Waals surface area (Å²) in [6.45, 7) is 2.14. The van der Waals surface area contributed by atoms with Crippen LogP contribution in [-0.2, 0) is 6.61 Å². The third-order valence-corrected chi connectivity index (χ3v) is 8.68. The molecule has 5 nitrogen and oxygen atoms in total. The molecular formula is C32H47BN3NaO2. The molecule has 2 fully saturated rings. The van der Waals surface area contributed by atoms with E-state index >= 15 is 0 Å². The van der Waals surface area contributed by atoms with Crippen molar-refractivity contribution in [3.8, 4) is 11.1 Å². The predicted octanol–water partition coefficient (Wildman–Crippen LogP) is 3.73. The van der Waals surface area contributed by atoms with Gasteiger partial charge in [-0.15, -0.1) is 0 Å². The van der Waals surface area contributed by atoms with Gasteiger partial charge in [0.05, 0.1) is 24.0 Å². The van der Waals surface area contributed by atoms with E-state index in [2.05, 4.69) is 36.5 Å². The molecule has 3 aliphatic rings. The summed E-state index contributed by atoms with van der Waals surface area (Å²) < 4.78 is 0. The van der Waals surface area contributed by atoms with E-state index in [1.807, 2.05) is 17.1 Å². The molecule has 1 heterocycles. The number of nitrogens with zero attached hydrogens (tertiary/aromatic N) is 2. The number of anilines is 1. The molecule has 1 aliphatic heterocycles. The van der Waals surface area contributed by atoms with E-state index in [0.29, 0.717) is 5.92 Å². The topological polar surface area (TPSA) is 64.9 Å². The van der Waals surface area contributed by atoms with Crippen LogP contribution in [0.2, 0.25) is 0 Å². The number of benzene rings is 2. The zero-order valence-electron chi connectivity index (χ0n) is 23.5. The van der Waals surface area contributed by atoms with Crippen LogP contribution in [-0.4, -0.2) is 36.3 Å². The van der Waals surface area contributed by atoms with Crippen LogP contribution in [0.15, 0.2) is 41.5 Å². The Balaban J connectivity index is 0.00000210. The van der Waals surface area contributed by atoms with Crippen molar-refractivity contribution in [2.75, 3.05) is 5.32 Å². The molecule has 2 N–H and O–H groups in total. The number of aryl methyl sites for hydroxylation is 1. The minimum Gasteiger partial charge on any atom is -0.392 e. The number of aliphatic hydroxyl groups excluding tert-OH is 1. The summed E-state index contributed by atoms with van der Waals surface area (Å²) in [5.41, 5.74) is 7.21. The Morgan fingerprint density at radius 2 is 1.41 bits per heavy atom. The predicted molar refractivity (Wildman–Crippen MR) is 163 cm³/mol. The van der Waals surface area contributed by atoms with Crippen molar-refractivity contribution < 1.29 is 39.5 Å². The van der Waals surface area contributed by atoms with Gasteiger partial charge in [-0.1, -0.05) is 109 Å². The molecule has 206 valence electrons. The molecular weight excluding hydrogens is 492 g/mol. The summed E-state index contributed by atoms with van der Waals surface area (Å²) in [4.78, 5) is 13.9. The number of hydrazone groups is 1. The van der Waals surface area contributed by atoms with Crippen LogP contribution in [0.4, 0.5) is 10.5 Å². The number of hydrogen-bond acceptors (Lipinski definition) is 3. The number of urea groups is 1.